The van der Waals surface area contributed by atoms with Crippen LogP contribution in [0.15, 0.2) is 28.8 Å². The number of benzene rings is 1. The van der Waals surface area contributed by atoms with E-state index in [-0.39, 0.29) is 5.82 Å². The molecule has 72 valence electrons. The van der Waals surface area contributed by atoms with Crippen molar-refractivity contribution >= 4 is 11.6 Å². The Morgan fingerprint density at radius 3 is 2.79 bits per heavy atom. The Morgan fingerprint density at radius 2 is 2.14 bits per heavy atom. The highest BCUT2D eigenvalue weighted by molar-refractivity contribution is 6.33. The minimum atomic E-state index is -0.343. The summed E-state index contributed by atoms with van der Waals surface area (Å²) in [5.41, 5.74) is 1.09. The number of hydrogen-bond donors (Lipinski definition) is 0. The summed E-state index contributed by atoms with van der Waals surface area (Å²) in [4.78, 5) is 0. The number of aryl methyl sites for hydroxylation is 1. The van der Waals surface area contributed by atoms with Gasteiger partial charge in [-0.25, -0.2) is 4.39 Å². The van der Waals surface area contributed by atoms with Crippen molar-refractivity contribution in [2.75, 3.05) is 0 Å². The predicted molar refractivity (Wildman–Crippen MR) is 51.6 cm³/mol. The van der Waals surface area contributed by atoms with Crippen LogP contribution >= 0.6 is 11.6 Å². The van der Waals surface area contributed by atoms with Crippen molar-refractivity contribution in [3.8, 4) is 11.3 Å². The summed E-state index contributed by atoms with van der Waals surface area (Å²) in [6.45, 7) is 1.77. The zero-order valence-corrected chi connectivity index (χ0v) is 8.18. The van der Waals surface area contributed by atoms with Crippen LogP contribution < -0.4 is 0 Å². The lowest BCUT2D eigenvalue weighted by molar-refractivity contribution is 0.399. The molecule has 2 aromatic rings. The number of hydrogen-bond acceptors (Lipinski definition) is 2. The third kappa shape index (κ3) is 1.63. The normalized spacial score (nSPS) is 10.5. The van der Waals surface area contributed by atoms with Gasteiger partial charge in [0.1, 0.15) is 17.3 Å². The minimum Gasteiger partial charge on any atom is -0.361 e. The monoisotopic (exact) mass is 211 g/mol. The van der Waals surface area contributed by atoms with Crippen LogP contribution in [0.4, 0.5) is 4.39 Å². The average molecular weight is 212 g/mol. The molecule has 0 atom stereocenters. The molecule has 0 saturated heterocycles. The number of halogens is 2. The molecule has 14 heavy (non-hydrogen) atoms. The Bertz CT molecular complexity index is 467. The molecule has 0 saturated carbocycles. The van der Waals surface area contributed by atoms with E-state index in [1.54, 1.807) is 13.0 Å². The molecule has 0 aliphatic heterocycles. The fourth-order valence-corrected chi connectivity index (χ4v) is 1.40. The van der Waals surface area contributed by atoms with E-state index in [1.165, 1.54) is 18.2 Å². The summed E-state index contributed by atoms with van der Waals surface area (Å²) in [5, 5.41) is 4.22. The summed E-state index contributed by atoms with van der Waals surface area (Å²) in [7, 11) is 0. The minimum absolute atomic E-state index is 0.343. The molecule has 2 nitrogen and oxygen atoms in total. The third-order valence-corrected chi connectivity index (χ3v) is 2.16. The quantitative estimate of drug-likeness (QED) is 0.722. The number of aromatic nitrogens is 1. The van der Waals surface area contributed by atoms with Gasteiger partial charge in [-0.1, -0.05) is 16.8 Å². The zero-order chi connectivity index (χ0) is 10.1. The van der Waals surface area contributed by atoms with Crippen LogP contribution in [0.5, 0.6) is 0 Å². The van der Waals surface area contributed by atoms with E-state index in [9.17, 15) is 4.39 Å². The summed E-state index contributed by atoms with van der Waals surface area (Å²) >= 11 is 5.89. The summed E-state index contributed by atoms with van der Waals surface area (Å²) in [5.74, 6) is 0.324. The standard InChI is InChI=1S/C10H7ClFNO/c1-6-4-10(13-14-6)8-5-7(12)2-3-9(8)11/h2-5H,1H3. The first kappa shape index (κ1) is 9.21. The first-order valence-corrected chi connectivity index (χ1v) is 4.43. The summed E-state index contributed by atoms with van der Waals surface area (Å²) in [6, 6.07) is 5.84. The van der Waals surface area contributed by atoms with Gasteiger partial charge >= 0.3 is 0 Å². The van der Waals surface area contributed by atoms with Crippen LogP contribution in [-0.2, 0) is 0 Å². The van der Waals surface area contributed by atoms with Gasteiger partial charge in [-0.2, -0.15) is 0 Å². The van der Waals surface area contributed by atoms with Gasteiger partial charge in [-0.3, -0.25) is 0 Å². The van der Waals surface area contributed by atoms with Gasteiger partial charge in [-0.05, 0) is 25.1 Å². The topological polar surface area (TPSA) is 26.0 Å². The molecule has 1 heterocycles. The molecule has 0 radical (unpaired) electrons. The Kier molecular flexibility index (Phi) is 2.25. The van der Waals surface area contributed by atoms with E-state index >= 15 is 0 Å². The molecule has 0 N–H and O–H groups in total. The lowest BCUT2D eigenvalue weighted by Gasteiger charge is -1.98. The SMILES string of the molecule is Cc1cc(-c2cc(F)ccc2Cl)no1. The number of rotatable bonds is 1. The molecule has 0 aliphatic carbocycles. The van der Waals surface area contributed by atoms with Gasteiger partial charge in [-0.15, -0.1) is 0 Å². The van der Waals surface area contributed by atoms with Gasteiger partial charge in [0.05, 0.1) is 5.02 Å². The highest BCUT2D eigenvalue weighted by Gasteiger charge is 2.08. The third-order valence-electron chi connectivity index (χ3n) is 1.83. The fraction of sp³-hybridized carbons (Fsp3) is 0.100. The molecular formula is C10H7ClFNO. The Morgan fingerprint density at radius 1 is 1.36 bits per heavy atom. The largest absolute Gasteiger partial charge is 0.361 e. The lowest BCUT2D eigenvalue weighted by atomic mass is 10.1. The number of nitrogens with zero attached hydrogens (tertiary/aromatic N) is 1. The molecule has 0 fully saturated rings. The van der Waals surface area contributed by atoms with E-state index in [0.29, 0.717) is 22.0 Å². The molecular weight excluding hydrogens is 205 g/mol. The maximum absolute atomic E-state index is 12.9. The van der Waals surface area contributed by atoms with E-state index in [4.69, 9.17) is 16.1 Å². The first-order chi connectivity index (χ1) is 6.66. The molecule has 4 heteroatoms. The van der Waals surface area contributed by atoms with Crippen LogP contribution in [0.3, 0.4) is 0 Å². The molecule has 1 aromatic heterocycles. The lowest BCUT2D eigenvalue weighted by Crippen LogP contribution is -1.81. The Hall–Kier alpha value is -1.35. The van der Waals surface area contributed by atoms with Crippen LogP contribution in [0.1, 0.15) is 5.76 Å². The van der Waals surface area contributed by atoms with E-state index in [0.717, 1.165) is 0 Å². The van der Waals surface area contributed by atoms with E-state index in [1.807, 2.05) is 0 Å². The van der Waals surface area contributed by atoms with Gasteiger partial charge in [0.15, 0.2) is 0 Å². The summed E-state index contributed by atoms with van der Waals surface area (Å²) < 4.78 is 17.8. The molecule has 0 bridgehead atoms. The zero-order valence-electron chi connectivity index (χ0n) is 7.42. The van der Waals surface area contributed by atoms with Gasteiger partial charge in [0.2, 0.25) is 0 Å². The molecule has 0 unspecified atom stereocenters. The van der Waals surface area contributed by atoms with Crippen LogP contribution in [-0.4, -0.2) is 5.16 Å². The predicted octanol–water partition coefficient (Wildman–Crippen LogP) is 3.44. The molecule has 0 spiro atoms. The van der Waals surface area contributed by atoms with Crippen molar-refractivity contribution in [2.24, 2.45) is 0 Å². The highest BCUT2D eigenvalue weighted by atomic mass is 35.5. The molecule has 0 amide bonds. The second kappa shape index (κ2) is 3.42. The van der Waals surface area contributed by atoms with Crippen molar-refractivity contribution < 1.29 is 8.91 Å². The van der Waals surface area contributed by atoms with Crippen molar-refractivity contribution in [3.05, 3.63) is 40.9 Å². The fourth-order valence-electron chi connectivity index (χ4n) is 1.19. The molecule has 2 rings (SSSR count). The second-order valence-electron chi connectivity index (χ2n) is 2.95. The van der Waals surface area contributed by atoms with E-state index in [2.05, 4.69) is 5.16 Å². The van der Waals surface area contributed by atoms with Crippen molar-refractivity contribution in [3.63, 3.8) is 0 Å². The maximum Gasteiger partial charge on any atom is 0.134 e. The first-order valence-electron chi connectivity index (χ1n) is 4.05. The molecule has 0 aliphatic rings. The maximum atomic E-state index is 12.9. The van der Waals surface area contributed by atoms with Crippen molar-refractivity contribution in [2.45, 2.75) is 6.92 Å². The molecule has 1 aromatic carbocycles. The van der Waals surface area contributed by atoms with Crippen molar-refractivity contribution in [1.82, 2.24) is 5.16 Å². The smallest absolute Gasteiger partial charge is 0.134 e. The van der Waals surface area contributed by atoms with Gasteiger partial charge in [0.25, 0.3) is 0 Å². The Labute approximate surface area is 85.3 Å². The Balaban J connectivity index is 2.55. The van der Waals surface area contributed by atoms with Gasteiger partial charge < -0.3 is 4.52 Å². The van der Waals surface area contributed by atoms with Crippen LogP contribution in [0, 0.1) is 12.7 Å². The highest BCUT2D eigenvalue weighted by Crippen LogP contribution is 2.27. The second-order valence-corrected chi connectivity index (χ2v) is 3.35. The van der Waals surface area contributed by atoms with Crippen LogP contribution in [0.25, 0.3) is 11.3 Å². The average Bonchev–Trinajstić information content (AvgIpc) is 2.56. The van der Waals surface area contributed by atoms with Gasteiger partial charge in [0, 0.05) is 11.6 Å². The summed E-state index contributed by atoms with van der Waals surface area (Å²) in [6.07, 6.45) is 0. The van der Waals surface area contributed by atoms with Crippen LogP contribution in [0.2, 0.25) is 5.02 Å². The van der Waals surface area contributed by atoms with E-state index < -0.39 is 0 Å². The van der Waals surface area contributed by atoms with Crippen molar-refractivity contribution in [1.29, 1.82) is 0 Å².